The number of halogens is 2. The summed E-state index contributed by atoms with van der Waals surface area (Å²) in [5, 5.41) is 2.77. The van der Waals surface area contributed by atoms with Gasteiger partial charge >= 0.3 is 5.97 Å². The second-order valence-corrected chi connectivity index (χ2v) is 5.64. The molecular formula is C18H15F2NO3. The van der Waals surface area contributed by atoms with Gasteiger partial charge in [0.25, 0.3) is 5.91 Å². The third kappa shape index (κ3) is 3.95. The first kappa shape index (κ1) is 16.1. The first-order valence-corrected chi connectivity index (χ1v) is 7.55. The molecule has 6 heteroatoms. The summed E-state index contributed by atoms with van der Waals surface area (Å²) in [4.78, 5) is 24.6. The number of carbonyl (C=O) groups is 2. The lowest BCUT2D eigenvalue weighted by molar-refractivity contribution is -0.130. The van der Waals surface area contributed by atoms with Crippen LogP contribution in [0.4, 0.5) is 8.78 Å². The minimum Gasteiger partial charge on any atom is -0.444 e. The van der Waals surface area contributed by atoms with Gasteiger partial charge in [-0.3, -0.25) is 4.79 Å². The zero-order valence-corrected chi connectivity index (χ0v) is 12.7. The summed E-state index contributed by atoms with van der Waals surface area (Å²) >= 11 is 0. The third-order valence-electron chi connectivity index (χ3n) is 3.59. The molecule has 2 aromatic carbocycles. The van der Waals surface area contributed by atoms with E-state index in [2.05, 4.69) is 5.32 Å². The molecule has 4 nitrogen and oxygen atoms in total. The molecule has 0 bridgehead atoms. The maximum absolute atomic E-state index is 13.3. The molecule has 1 aliphatic carbocycles. The van der Waals surface area contributed by atoms with Crippen LogP contribution in [-0.4, -0.2) is 17.9 Å². The van der Waals surface area contributed by atoms with Gasteiger partial charge in [0.1, 0.15) is 11.6 Å². The second kappa shape index (κ2) is 6.78. The van der Waals surface area contributed by atoms with Crippen molar-refractivity contribution in [2.45, 2.75) is 25.0 Å². The van der Waals surface area contributed by atoms with Crippen LogP contribution in [0.5, 0.6) is 0 Å². The fourth-order valence-corrected chi connectivity index (χ4v) is 2.25. The van der Waals surface area contributed by atoms with E-state index in [1.165, 1.54) is 0 Å². The summed E-state index contributed by atoms with van der Waals surface area (Å²) < 4.78 is 31.8. The van der Waals surface area contributed by atoms with E-state index >= 15 is 0 Å². The second-order valence-electron chi connectivity index (χ2n) is 5.64. The fraction of sp³-hybridized carbons (Fsp3) is 0.222. The highest BCUT2D eigenvalue weighted by Gasteiger charge is 2.31. The third-order valence-corrected chi connectivity index (χ3v) is 3.59. The summed E-state index contributed by atoms with van der Waals surface area (Å²) in [6, 6.07) is 11.0. The lowest BCUT2D eigenvalue weighted by Gasteiger charge is -2.18. The largest absolute Gasteiger partial charge is 0.444 e. The number of hydrogen-bond acceptors (Lipinski definition) is 3. The lowest BCUT2D eigenvalue weighted by atomic mass is 10.1. The first-order valence-electron chi connectivity index (χ1n) is 7.55. The van der Waals surface area contributed by atoms with Crippen LogP contribution in [0.3, 0.4) is 0 Å². The zero-order chi connectivity index (χ0) is 17.1. The molecule has 24 heavy (non-hydrogen) atoms. The average molecular weight is 331 g/mol. The van der Waals surface area contributed by atoms with Crippen molar-refractivity contribution in [3.63, 3.8) is 0 Å². The van der Waals surface area contributed by atoms with Gasteiger partial charge in [0, 0.05) is 17.7 Å². The van der Waals surface area contributed by atoms with E-state index in [0.717, 1.165) is 25.0 Å². The summed E-state index contributed by atoms with van der Waals surface area (Å²) in [7, 11) is 0. The van der Waals surface area contributed by atoms with Crippen molar-refractivity contribution in [3.8, 4) is 0 Å². The smallest absolute Gasteiger partial charge is 0.339 e. The Morgan fingerprint density at radius 2 is 1.67 bits per heavy atom. The van der Waals surface area contributed by atoms with E-state index in [4.69, 9.17) is 4.74 Å². The van der Waals surface area contributed by atoms with Crippen molar-refractivity contribution < 1.29 is 23.1 Å². The molecule has 0 heterocycles. The molecule has 0 aliphatic heterocycles. The summed E-state index contributed by atoms with van der Waals surface area (Å²) in [6.45, 7) is 0. The van der Waals surface area contributed by atoms with Crippen LogP contribution in [-0.2, 0) is 9.53 Å². The minimum atomic E-state index is -1.18. The highest BCUT2D eigenvalue weighted by atomic mass is 19.1. The Hall–Kier alpha value is -2.76. The van der Waals surface area contributed by atoms with Gasteiger partial charge < -0.3 is 10.1 Å². The van der Waals surface area contributed by atoms with Gasteiger partial charge in [0.2, 0.25) is 6.10 Å². The van der Waals surface area contributed by atoms with Crippen molar-refractivity contribution in [1.82, 2.24) is 5.32 Å². The van der Waals surface area contributed by atoms with Gasteiger partial charge in [-0.2, -0.15) is 0 Å². The monoisotopic (exact) mass is 331 g/mol. The molecule has 0 aromatic heterocycles. The Morgan fingerprint density at radius 1 is 1.04 bits per heavy atom. The van der Waals surface area contributed by atoms with Gasteiger partial charge in [-0.25, -0.2) is 13.6 Å². The Bertz CT molecular complexity index is 740. The number of rotatable bonds is 5. The molecule has 1 saturated carbocycles. The van der Waals surface area contributed by atoms with E-state index in [1.54, 1.807) is 30.3 Å². The van der Waals surface area contributed by atoms with Crippen LogP contribution in [0, 0.1) is 11.6 Å². The number of carbonyl (C=O) groups excluding carboxylic acids is 2. The highest BCUT2D eigenvalue weighted by molar-refractivity contribution is 5.92. The molecule has 0 radical (unpaired) electrons. The molecule has 2 aromatic rings. The maximum atomic E-state index is 13.3. The molecule has 0 spiro atoms. The molecule has 1 N–H and O–H groups in total. The minimum absolute atomic E-state index is 0.0917. The zero-order valence-electron chi connectivity index (χ0n) is 12.7. The quantitative estimate of drug-likeness (QED) is 0.857. The Labute approximate surface area is 137 Å². The van der Waals surface area contributed by atoms with Crippen molar-refractivity contribution in [2.75, 3.05) is 0 Å². The maximum Gasteiger partial charge on any atom is 0.339 e. The van der Waals surface area contributed by atoms with Crippen LogP contribution >= 0.6 is 0 Å². The SMILES string of the molecule is O=C(O[C@@H](C(=O)NC1CC1)c1ccccc1)c1cc(F)cc(F)c1. The molecule has 1 aliphatic rings. The van der Waals surface area contributed by atoms with Gasteiger partial charge in [0.05, 0.1) is 5.56 Å². The predicted octanol–water partition coefficient (Wildman–Crippen LogP) is 3.14. The molecule has 1 amide bonds. The Kier molecular flexibility index (Phi) is 4.55. The standard InChI is InChI=1S/C18H15F2NO3/c19-13-8-12(9-14(20)10-13)18(23)24-16(11-4-2-1-3-5-11)17(22)21-15-6-7-15/h1-5,8-10,15-16H,6-7H2,(H,21,22)/t16-/m1/s1. The molecule has 1 fully saturated rings. The lowest BCUT2D eigenvalue weighted by Crippen LogP contribution is -2.33. The molecule has 0 saturated heterocycles. The fourth-order valence-electron chi connectivity index (χ4n) is 2.25. The van der Waals surface area contributed by atoms with E-state index in [9.17, 15) is 18.4 Å². The van der Waals surface area contributed by atoms with Crippen molar-refractivity contribution in [1.29, 1.82) is 0 Å². The summed E-state index contributed by atoms with van der Waals surface area (Å²) in [5.74, 6) is -3.19. The van der Waals surface area contributed by atoms with Crippen LogP contribution in [0.2, 0.25) is 0 Å². The number of hydrogen-bond donors (Lipinski definition) is 1. The molecule has 3 rings (SSSR count). The van der Waals surface area contributed by atoms with Crippen LogP contribution < -0.4 is 5.32 Å². The normalized spacial score (nSPS) is 14.8. The summed E-state index contributed by atoms with van der Waals surface area (Å²) in [5.41, 5.74) is 0.202. The predicted molar refractivity (Wildman–Crippen MR) is 82.1 cm³/mol. The van der Waals surface area contributed by atoms with Gasteiger partial charge in [-0.15, -0.1) is 0 Å². The summed E-state index contributed by atoms with van der Waals surface area (Å²) in [6.07, 6.45) is 0.595. The number of nitrogens with one attached hydrogen (secondary N) is 1. The topological polar surface area (TPSA) is 55.4 Å². The van der Waals surface area contributed by atoms with Crippen molar-refractivity contribution in [2.24, 2.45) is 0 Å². The van der Waals surface area contributed by atoms with Crippen LogP contribution in [0.25, 0.3) is 0 Å². The average Bonchev–Trinajstić information content (AvgIpc) is 3.36. The molecular weight excluding hydrogens is 316 g/mol. The first-order chi connectivity index (χ1) is 11.5. The molecule has 1 atom stereocenters. The van der Waals surface area contributed by atoms with Gasteiger partial charge in [-0.1, -0.05) is 30.3 Å². The van der Waals surface area contributed by atoms with Gasteiger partial charge in [0.15, 0.2) is 0 Å². The molecule has 0 unspecified atom stereocenters. The highest BCUT2D eigenvalue weighted by Crippen LogP contribution is 2.24. The number of esters is 1. The van der Waals surface area contributed by atoms with E-state index in [-0.39, 0.29) is 11.6 Å². The van der Waals surface area contributed by atoms with Gasteiger partial charge in [-0.05, 0) is 25.0 Å². The number of ether oxygens (including phenoxy) is 1. The van der Waals surface area contributed by atoms with E-state index < -0.39 is 29.6 Å². The number of benzene rings is 2. The van der Waals surface area contributed by atoms with Crippen LogP contribution in [0.1, 0.15) is 34.9 Å². The van der Waals surface area contributed by atoms with E-state index in [0.29, 0.717) is 11.6 Å². The molecule has 124 valence electrons. The Morgan fingerprint density at radius 3 is 2.25 bits per heavy atom. The number of amides is 1. The Balaban J connectivity index is 1.82. The van der Waals surface area contributed by atoms with Crippen LogP contribution in [0.15, 0.2) is 48.5 Å². The van der Waals surface area contributed by atoms with Crippen molar-refractivity contribution >= 4 is 11.9 Å². The van der Waals surface area contributed by atoms with E-state index in [1.807, 2.05) is 0 Å². The van der Waals surface area contributed by atoms with Crippen molar-refractivity contribution in [3.05, 3.63) is 71.3 Å².